The zero-order chi connectivity index (χ0) is 17.8. The second kappa shape index (κ2) is 7.49. The molecule has 0 aliphatic carbocycles. The largest absolute Gasteiger partial charge is 0.397 e. The Morgan fingerprint density at radius 3 is 2.64 bits per heavy atom. The molecule has 0 bridgehead atoms. The molecule has 3 aromatic rings. The summed E-state index contributed by atoms with van der Waals surface area (Å²) in [5.41, 5.74) is 12.3. The summed E-state index contributed by atoms with van der Waals surface area (Å²) in [5.74, 6) is 0. The summed E-state index contributed by atoms with van der Waals surface area (Å²) in [7, 11) is 2.14. The van der Waals surface area contributed by atoms with Crippen molar-refractivity contribution in [3.05, 3.63) is 65.7 Å². The predicted molar refractivity (Wildman–Crippen MR) is 102 cm³/mol. The average Bonchev–Trinajstić information content (AvgIpc) is 2.91. The van der Waals surface area contributed by atoms with E-state index in [4.69, 9.17) is 5.73 Å². The zero-order valence-electron chi connectivity index (χ0n) is 15.1. The van der Waals surface area contributed by atoms with Gasteiger partial charge in [0.15, 0.2) is 0 Å². The number of benzene rings is 1. The first-order valence-electron chi connectivity index (χ1n) is 8.51. The van der Waals surface area contributed by atoms with Crippen molar-refractivity contribution in [2.45, 2.75) is 26.9 Å². The first-order valence-corrected chi connectivity index (χ1v) is 8.51. The van der Waals surface area contributed by atoms with Crippen molar-refractivity contribution in [2.75, 3.05) is 19.3 Å². The molecule has 5 heteroatoms. The highest BCUT2D eigenvalue weighted by Crippen LogP contribution is 2.21. The first kappa shape index (κ1) is 17.2. The van der Waals surface area contributed by atoms with Crippen LogP contribution in [-0.2, 0) is 13.1 Å². The zero-order valence-corrected chi connectivity index (χ0v) is 15.1. The molecule has 25 heavy (non-hydrogen) atoms. The first-order chi connectivity index (χ1) is 12.0. The molecule has 130 valence electrons. The number of pyridine rings is 1. The van der Waals surface area contributed by atoms with Gasteiger partial charge in [-0.25, -0.2) is 0 Å². The fraction of sp³-hybridized carbons (Fsp3) is 0.300. The van der Waals surface area contributed by atoms with Crippen LogP contribution in [0.4, 0.5) is 5.69 Å². The molecule has 0 amide bonds. The highest BCUT2D eigenvalue weighted by Gasteiger charge is 2.06. The third-order valence-electron chi connectivity index (χ3n) is 4.27. The van der Waals surface area contributed by atoms with E-state index in [2.05, 4.69) is 64.0 Å². The van der Waals surface area contributed by atoms with Gasteiger partial charge in [-0.3, -0.25) is 9.67 Å². The van der Waals surface area contributed by atoms with Gasteiger partial charge in [-0.05, 0) is 50.2 Å². The number of likely N-dealkylation sites (N-methyl/N-ethyl adjacent to an activating group) is 1. The van der Waals surface area contributed by atoms with E-state index < -0.39 is 0 Å². The molecule has 1 aromatic carbocycles. The minimum absolute atomic E-state index is 0.685. The smallest absolute Gasteiger partial charge is 0.0596 e. The molecule has 3 rings (SSSR count). The molecule has 2 heterocycles. The minimum atomic E-state index is 0.685. The van der Waals surface area contributed by atoms with Crippen LogP contribution in [0.25, 0.3) is 11.1 Å². The second-order valence-corrected chi connectivity index (χ2v) is 6.60. The van der Waals surface area contributed by atoms with Crippen molar-refractivity contribution in [2.24, 2.45) is 0 Å². The van der Waals surface area contributed by atoms with Gasteiger partial charge >= 0.3 is 0 Å². The van der Waals surface area contributed by atoms with Crippen LogP contribution in [0, 0.1) is 13.8 Å². The number of rotatable bonds is 6. The maximum Gasteiger partial charge on any atom is 0.0596 e. The van der Waals surface area contributed by atoms with Gasteiger partial charge in [0.1, 0.15) is 0 Å². The molecule has 2 aromatic heterocycles. The Morgan fingerprint density at radius 1 is 1.08 bits per heavy atom. The van der Waals surface area contributed by atoms with Crippen LogP contribution < -0.4 is 5.73 Å². The Morgan fingerprint density at radius 2 is 1.92 bits per heavy atom. The lowest BCUT2D eigenvalue weighted by atomic mass is 10.0. The van der Waals surface area contributed by atoms with Gasteiger partial charge < -0.3 is 10.6 Å². The van der Waals surface area contributed by atoms with Gasteiger partial charge in [0, 0.05) is 36.7 Å². The molecule has 0 aliphatic heterocycles. The lowest BCUT2D eigenvalue weighted by Gasteiger charge is -2.18. The molecular weight excluding hydrogens is 310 g/mol. The van der Waals surface area contributed by atoms with Crippen molar-refractivity contribution < 1.29 is 0 Å². The van der Waals surface area contributed by atoms with Crippen LogP contribution in [0.15, 0.2) is 48.8 Å². The molecule has 5 nitrogen and oxygen atoms in total. The second-order valence-electron chi connectivity index (χ2n) is 6.60. The number of nitrogens with two attached hydrogens (primary N) is 1. The summed E-state index contributed by atoms with van der Waals surface area (Å²) >= 11 is 0. The van der Waals surface area contributed by atoms with Crippen LogP contribution in [-0.4, -0.2) is 33.3 Å². The van der Waals surface area contributed by atoms with E-state index in [9.17, 15) is 0 Å². The van der Waals surface area contributed by atoms with Crippen molar-refractivity contribution in [3.63, 3.8) is 0 Å². The highest BCUT2D eigenvalue weighted by atomic mass is 15.3. The molecule has 0 radical (unpaired) electrons. The van der Waals surface area contributed by atoms with Gasteiger partial charge in [-0.1, -0.05) is 18.2 Å². The predicted octanol–water partition coefficient (Wildman–Crippen LogP) is 3.28. The van der Waals surface area contributed by atoms with E-state index in [-0.39, 0.29) is 0 Å². The van der Waals surface area contributed by atoms with Crippen LogP contribution in [0.5, 0.6) is 0 Å². The van der Waals surface area contributed by atoms with Gasteiger partial charge in [-0.2, -0.15) is 5.10 Å². The number of hydrogen-bond donors (Lipinski definition) is 1. The van der Waals surface area contributed by atoms with E-state index >= 15 is 0 Å². The molecule has 0 spiro atoms. The van der Waals surface area contributed by atoms with Crippen LogP contribution in [0.3, 0.4) is 0 Å². The number of anilines is 1. The number of nitrogens with zero attached hydrogens (tertiary/aromatic N) is 4. The molecule has 0 aliphatic rings. The summed E-state index contributed by atoms with van der Waals surface area (Å²) < 4.78 is 2.07. The number of hydrogen-bond acceptors (Lipinski definition) is 4. The molecule has 0 fully saturated rings. The normalized spacial score (nSPS) is 11.2. The summed E-state index contributed by atoms with van der Waals surface area (Å²) in [4.78, 5) is 6.49. The third kappa shape index (κ3) is 4.45. The van der Waals surface area contributed by atoms with Crippen LogP contribution in [0.1, 0.15) is 17.0 Å². The van der Waals surface area contributed by atoms with E-state index in [0.29, 0.717) is 5.69 Å². The summed E-state index contributed by atoms with van der Waals surface area (Å²) in [5, 5.41) is 4.52. The maximum atomic E-state index is 5.84. The van der Waals surface area contributed by atoms with E-state index in [1.165, 1.54) is 11.3 Å². The number of nitrogen functional groups attached to an aromatic ring is 1. The number of aromatic nitrogens is 3. The van der Waals surface area contributed by atoms with Gasteiger partial charge in [0.05, 0.1) is 17.9 Å². The quantitative estimate of drug-likeness (QED) is 0.751. The van der Waals surface area contributed by atoms with Crippen molar-refractivity contribution in [1.82, 2.24) is 19.7 Å². The highest BCUT2D eigenvalue weighted by molar-refractivity contribution is 5.66. The topological polar surface area (TPSA) is 60.0 Å². The van der Waals surface area contributed by atoms with E-state index in [0.717, 1.165) is 36.5 Å². The van der Waals surface area contributed by atoms with Crippen molar-refractivity contribution >= 4 is 5.69 Å². The molecule has 0 unspecified atom stereocenters. The lowest BCUT2D eigenvalue weighted by molar-refractivity contribution is 0.304. The minimum Gasteiger partial charge on any atom is -0.397 e. The van der Waals surface area contributed by atoms with Crippen molar-refractivity contribution in [3.8, 4) is 11.1 Å². The molecule has 0 saturated carbocycles. The molecule has 2 N–H and O–H groups in total. The Bertz CT molecular complexity index is 853. The summed E-state index contributed by atoms with van der Waals surface area (Å²) in [6, 6.07) is 12.6. The third-order valence-corrected chi connectivity index (χ3v) is 4.27. The monoisotopic (exact) mass is 335 g/mol. The lowest BCUT2D eigenvalue weighted by Crippen LogP contribution is -2.23. The fourth-order valence-corrected chi connectivity index (χ4v) is 3.02. The van der Waals surface area contributed by atoms with E-state index in [1.54, 1.807) is 6.20 Å². The Balaban J connectivity index is 1.64. The standard InChI is InChI=1S/C20H25N5/c1-15-9-16(2)25(23-15)8-7-24(3)14-17-5-4-6-18(10-17)19-11-20(21)13-22-12-19/h4-6,9-13H,7-8,14,21H2,1-3H3. The van der Waals surface area contributed by atoms with E-state index in [1.807, 2.05) is 19.2 Å². The Kier molecular flexibility index (Phi) is 5.14. The Labute approximate surface area is 149 Å². The Hall–Kier alpha value is -2.66. The van der Waals surface area contributed by atoms with Crippen molar-refractivity contribution in [1.29, 1.82) is 0 Å². The maximum absolute atomic E-state index is 5.84. The van der Waals surface area contributed by atoms with Crippen LogP contribution in [0.2, 0.25) is 0 Å². The molecule has 0 saturated heterocycles. The van der Waals surface area contributed by atoms with Crippen LogP contribution >= 0.6 is 0 Å². The molecular formula is C20H25N5. The fourth-order valence-electron chi connectivity index (χ4n) is 3.02. The van der Waals surface area contributed by atoms with Gasteiger partial charge in [-0.15, -0.1) is 0 Å². The average molecular weight is 335 g/mol. The summed E-state index contributed by atoms with van der Waals surface area (Å²) in [6.45, 7) is 6.87. The number of aryl methyl sites for hydroxylation is 2. The summed E-state index contributed by atoms with van der Waals surface area (Å²) in [6.07, 6.45) is 3.52. The van der Waals surface area contributed by atoms with Gasteiger partial charge in [0.2, 0.25) is 0 Å². The molecule has 0 atom stereocenters. The van der Waals surface area contributed by atoms with Gasteiger partial charge in [0.25, 0.3) is 0 Å². The SMILES string of the molecule is Cc1cc(C)n(CCN(C)Cc2cccc(-c3cncc(N)c3)c2)n1.